The summed E-state index contributed by atoms with van der Waals surface area (Å²) in [5.74, 6) is 0.135. The first-order valence-corrected chi connectivity index (χ1v) is 11.2. The number of fused-ring (bicyclic) bond motifs is 3. The molecule has 0 atom stereocenters. The van der Waals surface area contributed by atoms with Crippen molar-refractivity contribution in [3.05, 3.63) is 66.0 Å². The van der Waals surface area contributed by atoms with Crippen LogP contribution in [0, 0.1) is 13.8 Å². The molecule has 150 valence electrons. The predicted octanol–water partition coefficient (Wildman–Crippen LogP) is 4.48. The lowest BCUT2D eigenvalue weighted by molar-refractivity contribution is -0.113. The Morgan fingerprint density at radius 1 is 1.07 bits per heavy atom. The molecule has 3 heterocycles. The Morgan fingerprint density at radius 3 is 2.67 bits per heavy atom. The predicted molar refractivity (Wildman–Crippen MR) is 121 cm³/mol. The molecule has 9 heteroatoms. The van der Waals surface area contributed by atoms with Gasteiger partial charge in [-0.2, -0.15) is 5.10 Å². The number of aryl methyl sites for hydroxylation is 1. The van der Waals surface area contributed by atoms with Crippen molar-refractivity contribution in [3.8, 4) is 5.69 Å². The maximum atomic E-state index is 12.7. The first-order valence-electron chi connectivity index (χ1n) is 9.39. The van der Waals surface area contributed by atoms with Crippen molar-refractivity contribution in [3.63, 3.8) is 0 Å². The molecule has 1 amide bonds. The summed E-state index contributed by atoms with van der Waals surface area (Å²) in [6.45, 7) is 3.85. The van der Waals surface area contributed by atoms with Gasteiger partial charge in [0.2, 0.25) is 10.9 Å². The first kappa shape index (κ1) is 18.8. The van der Waals surface area contributed by atoms with Crippen LogP contribution >= 0.6 is 23.1 Å². The molecular formula is C21H18N6OS2. The second-order valence-corrected chi connectivity index (χ2v) is 8.75. The number of aromatic nitrogens is 5. The molecule has 0 bridgehead atoms. The van der Waals surface area contributed by atoms with Gasteiger partial charge in [-0.3, -0.25) is 9.20 Å². The molecule has 0 fully saturated rings. The Bertz CT molecular complexity index is 1370. The summed E-state index contributed by atoms with van der Waals surface area (Å²) in [4.78, 5) is 13.5. The number of hydrogen-bond donors (Lipinski definition) is 1. The average molecular weight is 435 g/mol. The number of hydrogen-bond acceptors (Lipinski definition) is 6. The number of rotatable bonds is 5. The minimum atomic E-state index is -0.102. The van der Waals surface area contributed by atoms with E-state index >= 15 is 0 Å². The van der Waals surface area contributed by atoms with E-state index in [2.05, 4.69) is 26.7 Å². The Balaban J connectivity index is 1.34. The SMILES string of the molecule is Cc1nn(-c2ccccc2)c(C)c1NC(=O)CSc1nnc2sc3ccccc3n12. The number of thioether (sulfide) groups is 1. The Labute approximate surface area is 180 Å². The summed E-state index contributed by atoms with van der Waals surface area (Å²) in [6.07, 6.45) is 0. The molecule has 30 heavy (non-hydrogen) atoms. The lowest BCUT2D eigenvalue weighted by atomic mass is 10.3. The van der Waals surface area contributed by atoms with Crippen molar-refractivity contribution in [2.45, 2.75) is 19.0 Å². The van der Waals surface area contributed by atoms with E-state index in [1.165, 1.54) is 11.8 Å². The molecule has 0 aliphatic carbocycles. The maximum absolute atomic E-state index is 12.7. The fourth-order valence-electron chi connectivity index (χ4n) is 3.40. The topological polar surface area (TPSA) is 77.1 Å². The van der Waals surface area contributed by atoms with Gasteiger partial charge in [-0.1, -0.05) is 53.4 Å². The molecule has 0 spiro atoms. The number of nitrogens with zero attached hydrogens (tertiary/aromatic N) is 5. The van der Waals surface area contributed by atoms with Crippen LogP contribution in [0.1, 0.15) is 11.4 Å². The molecule has 0 aliphatic rings. The fourth-order valence-corrected chi connectivity index (χ4v) is 5.17. The molecular weight excluding hydrogens is 416 g/mol. The third-order valence-corrected chi connectivity index (χ3v) is 6.74. The van der Waals surface area contributed by atoms with E-state index in [-0.39, 0.29) is 11.7 Å². The second kappa shape index (κ2) is 7.58. The number of para-hydroxylation sites is 2. The van der Waals surface area contributed by atoms with Crippen molar-refractivity contribution in [2.75, 3.05) is 11.1 Å². The minimum absolute atomic E-state index is 0.102. The molecule has 5 aromatic rings. The van der Waals surface area contributed by atoms with Crippen LogP contribution in [-0.2, 0) is 4.79 Å². The molecule has 0 radical (unpaired) electrons. The van der Waals surface area contributed by atoms with Crippen LogP contribution < -0.4 is 5.32 Å². The smallest absolute Gasteiger partial charge is 0.234 e. The molecule has 1 N–H and O–H groups in total. The van der Waals surface area contributed by atoms with E-state index in [4.69, 9.17) is 0 Å². The van der Waals surface area contributed by atoms with E-state index in [9.17, 15) is 4.79 Å². The second-order valence-electron chi connectivity index (χ2n) is 6.80. The highest BCUT2D eigenvalue weighted by molar-refractivity contribution is 7.99. The lowest BCUT2D eigenvalue weighted by Crippen LogP contribution is -2.15. The van der Waals surface area contributed by atoms with Gasteiger partial charge in [-0.25, -0.2) is 4.68 Å². The Morgan fingerprint density at radius 2 is 1.83 bits per heavy atom. The molecule has 5 rings (SSSR count). The third-order valence-electron chi connectivity index (χ3n) is 4.80. The molecule has 0 saturated heterocycles. The zero-order valence-corrected chi connectivity index (χ0v) is 18.0. The zero-order valence-electron chi connectivity index (χ0n) is 16.4. The Hall–Kier alpha value is -3.17. The standard InChI is InChI=1S/C21H18N6OS2/c1-13-19(14(2)27(25-13)15-8-4-3-5-9-15)22-18(28)12-29-20-23-24-21-26(20)16-10-6-7-11-17(16)30-21/h3-11H,12H2,1-2H3,(H,22,28). The van der Waals surface area contributed by atoms with Crippen molar-refractivity contribution in [1.82, 2.24) is 24.4 Å². The number of benzene rings is 2. The van der Waals surface area contributed by atoms with Gasteiger partial charge in [-0.15, -0.1) is 10.2 Å². The van der Waals surface area contributed by atoms with Gasteiger partial charge >= 0.3 is 0 Å². The van der Waals surface area contributed by atoms with Gasteiger partial charge in [0.25, 0.3) is 0 Å². The van der Waals surface area contributed by atoms with Crippen LogP contribution in [0.3, 0.4) is 0 Å². The highest BCUT2D eigenvalue weighted by Crippen LogP contribution is 2.29. The fraction of sp³-hybridized carbons (Fsp3) is 0.143. The summed E-state index contributed by atoms with van der Waals surface area (Å²) in [7, 11) is 0. The molecule has 0 aliphatic heterocycles. The number of carbonyl (C=O) groups excluding carboxylic acids is 1. The normalized spacial score (nSPS) is 11.4. The maximum Gasteiger partial charge on any atom is 0.234 e. The number of amides is 1. The summed E-state index contributed by atoms with van der Waals surface area (Å²) in [5, 5.41) is 16.8. The van der Waals surface area contributed by atoms with E-state index < -0.39 is 0 Å². The van der Waals surface area contributed by atoms with Gasteiger partial charge in [0.1, 0.15) is 0 Å². The van der Waals surface area contributed by atoms with Crippen LogP contribution in [0.5, 0.6) is 0 Å². The zero-order chi connectivity index (χ0) is 20.7. The Kier molecular flexibility index (Phi) is 4.76. The van der Waals surface area contributed by atoms with E-state index in [0.717, 1.165) is 37.9 Å². The van der Waals surface area contributed by atoms with Crippen LogP contribution in [-0.4, -0.2) is 36.0 Å². The molecule has 0 saturated carbocycles. The summed E-state index contributed by atoms with van der Waals surface area (Å²) in [6, 6.07) is 18.0. The van der Waals surface area contributed by atoms with Gasteiger partial charge in [0.15, 0.2) is 5.16 Å². The van der Waals surface area contributed by atoms with Crippen LogP contribution in [0.4, 0.5) is 5.69 Å². The number of nitrogens with one attached hydrogen (secondary N) is 1. The first-order chi connectivity index (χ1) is 14.6. The quantitative estimate of drug-likeness (QED) is 0.413. The van der Waals surface area contributed by atoms with Crippen molar-refractivity contribution in [2.24, 2.45) is 0 Å². The van der Waals surface area contributed by atoms with E-state index in [1.54, 1.807) is 11.3 Å². The molecule has 7 nitrogen and oxygen atoms in total. The van der Waals surface area contributed by atoms with Crippen LogP contribution in [0.2, 0.25) is 0 Å². The third kappa shape index (κ3) is 3.25. The van der Waals surface area contributed by atoms with Gasteiger partial charge < -0.3 is 5.32 Å². The lowest BCUT2D eigenvalue weighted by Gasteiger charge is -2.07. The number of anilines is 1. The molecule has 0 unspecified atom stereocenters. The largest absolute Gasteiger partial charge is 0.322 e. The number of carbonyl (C=O) groups is 1. The van der Waals surface area contributed by atoms with Crippen molar-refractivity contribution < 1.29 is 4.79 Å². The van der Waals surface area contributed by atoms with Crippen LogP contribution in [0.25, 0.3) is 20.9 Å². The monoisotopic (exact) mass is 434 g/mol. The summed E-state index contributed by atoms with van der Waals surface area (Å²) >= 11 is 2.96. The van der Waals surface area contributed by atoms with Gasteiger partial charge in [0.05, 0.1) is 38.7 Å². The van der Waals surface area contributed by atoms with Crippen molar-refractivity contribution >= 4 is 49.9 Å². The summed E-state index contributed by atoms with van der Waals surface area (Å²) in [5.41, 5.74) is 4.44. The molecule has 2 aromatic carbocycles. The average Bonchev–Trinajstić information content (AvgIpc) is 3.41. The highest BCUT2D eigenvalue weighted by atomic mass is 32.2. The van der Waals surface area contributed by atoms with Crippen LogP contribution in [0.15, 0.2) is 59.8 Å². The number of thiazole rings is 1. The van der Waals surface area contributed by atoms with Gasteiger partial charge in [-0.05, 0) is 38.1 Å². The van der Waals surface area contributed by atoms with Crippen molar-refractivity contribution in [1.29, 1.82) is 0 Å². The highest BCUT2D eigenvalue weighted by Gasteiger charge is 2.17. The minimum Gasteiger partial charge on any atom is -0.322 e. The van der Waals surface area contributed by atoms with E-state index in [0.29, 0.717) is 5.16 Å². The summed E-state index contributed by atoms with van der Waals surface area (Å²) < 4.78 is 4.99. The van der Waals surface area contributed by atoms with E-state index in [1.807, 2.05) is 71.5 Å². The molecule has 3 aromatic heterocycles. The van der Waals surface area contributed by atoms with Gasteiger partial charge in [0, 0.05) is 0 Å².